The molecule has 1 saturated carbocycles. The number of hydrogen-bond donors (Lipinski definition) is 1. The number of halogens is 1. The number of pyridine rings is 1. The normalized spacial score (nSPS) is 17.7. The van der Waals surface area contributed by atoms with E-state index in [2.05, 4.69) is 27.3 Å². The van der Waals surface area contributed by atoms with Gasteiger partial charge < -0.3 is 15.1 Å². The van der Waals surface area contributed by atoms with Crippen molar-refractivity contribution >= 4 is 29.2 Å². The molecular weight excluding hydrogens is 448 g/mol. The summed E-state index contributed by atoms with van der Waals surface area (Å²) in [5, 5.41) is 3.48. The van der Waals surface area contributed by atoms with E-state index in [0.717, 1.165) is 76.0 Å². The molecule has 1 N–H and O–H groups in total. The van der Waals surface area contributed by atoms with Crippen LogP contribution in [0.4, 0.5) is 5.82 Å². The van der Waals surface area contributed by atoms with Gasteiger partial charge in [0.25, 0.3) is 5.91 Å². The minimum atomic E-state index is -0.312. The van der Waals surface area contributed by atoms with Crippen LogP contribution in [-0.2, 0) is 10.2 Å². The molecule has 0 radical (unpaired) electrons. The molecule has 1 aromatic heterocycles. The first-order valence-electron chi connectivity index (χ1n) is 12.4. The number of nitrogens with one attached hydrogen (secondary N) is 1. The van der Waals surface area contributed by atoms with E-state index >= 15 is 0 Å². The lowest BCUT2D eigenvalue weighted by molar-refractivity contribution is -0.129. The van der Waals surface area contributed by atoms with Crippen LogP contribution in [0.2, 0.25) is 5.15 Å². The van der Waals surface area contributed by atoms with E-state index in [1.54, 1.807) is 20.2 Å². The highest BCUT2D eigenvalue weighted by Gasteiger charge is 2.45. The van der Waals surface area contributed by atoms with E-state index in [4.69, 9.17) is 11.6 Å². The van der Waals surface area contributed by atoms with Gasteiger partial charge in [0.15, 0.2) is 0 Å². The predicted molar refractivity (Wildman–Crippen MR) is 136 cm³/mol. The monoisotopic (exact) mass is 482 g/mol. The van der Waals surface area contributed by atoms with Gasteiger partial charge in [0, 0.05) is 33.7 Å². The molecule has 2 aromatic rings. The van der Waals surface area contributed by atoms with E-state index in [9.17, 15) is 9.59 Å². The fourth-order valence-corrected chi connectivity index (χ4v) is 5.38. The zero-order valence-electron chi connectivity index (χ0n) is 20.2. The number of hydrogen-bond acceptors (Lipinski definition) is 4. The maximum absolute atomic E-state index is 13.0. The third kappa shape index (κ3) is 5.22. The van der Waals surface area contributed by atoms with E-state index in [0.29, 0.717) is 11.5 Å². The van der Waals surface area contributed by atoms with Crippen molar-refractivity contribution in [2.24, 2.45) is 5.92 Å². The summed E-state index contributed by atoms with van der Waals surface area (Å²) in [5.74, 6) is 1.54. The van der Waals surface area contributed by atoms with Crippen molar-refractivity contribution in [1.29, 1.82) is 0 Å². The maximum Gasteiger partial charge on any atom is 0.256 e. The van der Waals surface area contributed by atoms with Gasteiger partial charge in [-0.05, 0) is 62.1 Å². The SMILES string of the molecule is CN(C)C(=O)c1ccc(N2CCC(CCCNC(=O)C3(c4ccccc4)CCC3)CC2)nc1Cl. The summed E-state index contributed by atoms with van der Waals surface area (Å²) >= 11 is 6.29. The molecule has 2 heterocycles. The quantitative estimate of drug-likeness (QED) is 0.438. The highest BCUT2D eigenvalue weighted by atomic mass is 35.5. The fourth-order valence-electron chi connectivity index (χ4n) is 5.15. The summed E-state index contributed by atoms with van der Waals surface area (Å²) in [7, 11) is 3.41. The highest BCUT2D eigenvalue weighted by Crippen LogP contribution is 2.43. The first-order chi connectivity index (χ1) is 16.4. The number of anilines is 1. The molecule has 1 saturated heterocycles. The number of benzene rings is 1. The fraction of sp³-hybridized carbons (Fsp3) is 0.519. The minimum absolute atomic E-state index is 0.137. The molecule has 1 aromatic carbocycles. The Balaban J connectivity index is 1.21. The Morgan fingerprint density at radius 3 is 2.41 bits per heavy atom. The van der Waals surface area contributed by atoms with Gasteiger partial charge in [0.1, 0.15) is 11.0 Å². The molecular formula is C27H35ClN4O2. The standard InChI is InChI=1S/C27H35ClN4O2/c1-31(2)25(33)22-11-12-23(30-24(22)28)32-18-13-20(14-19-32)8-6-17-29-26(34)27(15-7-16-27)21-9-4-3-5-10-21/h3-5,9-12,20H,6-8,13-19H2,1-2H3,(H,29,34). The average molecular weight is 483 g/mol. The van der Waals surface area contributed by atoms with Gasteiger partial charge in [-0.15, -0.1) is 0 Å². The van der Waals surface area contributed by atoms with Crippen molar-refractivity contribution in [2.45, 2.75) is 50.4 Å². The summed E-state index contributed by atoms with van der Waals surface area (Å²) < 4.78 is 0. The molecule has 6 nitrogen and oxygen atoms in total. The van der Waals surface area contributed by atoms with Gasteiger partial charge >= 0.3 is 0 Å². The zero-order valence-corrected chi connectivity index (χ0v) is 21.0. The first kappa shape index (κ1) is 24.5. The molecule has 182 valence electrons. The number of aromatic nitrogens is 1. The summed E-state index contributed by atoms with van der Waals surface area (Å²) in [4.78, 5) is 33.4. The third-order valence-corrected chi connectivity index (χ3v) is 7.74. The van der Waals surface area contributed by atoms with E-state index in [-0.39, 0.29) is 22.4 Å². The van der Waals surface area contributed by atoms with Crippen LogP contribution in [0.1, 0.15) is 60.9 Å². The Morgan fingerprint density at radius 2 is 1.82 bits per heavy atom. The minimum Gasteiger partial charge on any atom is -0.357 e. The second-order valence-corrected chi connectivity index (χ2v) is 10.2. The van der Waals surface area contributed by atoms with Crippen LogP contribution in [0, 0.1) is 5.92 Å². The topological polar surface area (TPSA) is 65.5 Å². The Labute approximate surface area is 207 Å². The lowest BCUT2D eigenvalue weighted by Gasteiger charge is -2.40. The third-order valence-electron chi connectivity index (χ3n) is 7.45. The van der Waals surface area contributed by atoms with Crippen LogP contribution in [0.15, 0.2) is 42.5 Å². The number of piperidine rings is 1. The second kappa shape index (κ2) is 10.8. The Morgan fingerprint density at radius 1 is 1.12 bits per heavy atom. The summed E-state index contributed by atoms with van der Waals surface area (Å²) in [6, 6.07) is 13.9. The van der Waals surface area contributed by atoms with Crippen LogP contribution in [0.3, 0.4) is 0 Å². The van der Waals surface area contributed by atoms with Gasteiger partial charge in [0.05, 0.1) is 11.0 Å². The number of carbonyl (C=O) groups excluding carboxylic acids is 2. The van der Waals surface area contributed by atoms with Crippen molar-refractivity contribution < 1.29 is 9.59 Å². The van der Waals surface area contributed by atoms with Crippen molar-refractivity contribution in [3.63, 3.8) is 0 Å². The van der Waals surface area contributed by atoms with Crippen LogP contribution < -0.4 is 10.2 Å². The van der Waals surface area contributed by atoms with E-state index in [1.807, 2.05) is 24.3 Å². The smallest absolute Gasteiger partial charge is 0.256 e. The molecule has 4 rings (SSSR count). The molecule has 1 aliphatic heterocycles. The van der Waals surface area contributed by atoms with Gasteiger partial charge in [-0.3, -0.25) is 9.59 Å². The highest BCUT2D eigenvalue weighted by molar-refractivity contribution is 6.32. The van der Waals surface area contributed by atoms with Gasteiger partial charge in [-0.25, -0.2) is 4.98 Å². The van der Waals surface area contributed by atoms with Gasteiger partial charge in [-0.2, -0.15) is 0 Å². The van der Waals surface area contributed by atoms with Crippen molar-refractivity contribution in [2.75, 3.05) is 38.6 Å². The van der Waals surface area contributed by atoms with E-state index in [1.165, 1.54) is 4.90 Å². The Bertz CT molecular complexity index is 999. The van der Waals surface area contributed by atoms with Crippen molar-refractivity contribution in [3.05, 3.63) is 58.7 Å². The van der Waals surface area contributed by atoms with Crippen LogP contribution >= 0.6 is 11.6 Å². The molecule has 0 bridgehead atoms. The van der Waals surface area contributed by atoms with Gasteiger partial charge in [0.2, 0.25) is 5.91 Å². The number of nitrogens with zero attached hydrogens (tertiary/aromatic N) is 3. The van der Waals surface area contributed by atoms with Crippen molar-refractivity contribution in [3.8, 4) is 0 Å². The van der Waals surface area contributed by atoms with Gasteiger partial charge in [-0.1, -0.05) is 48.4 Å². The molecule has 2 aliphatic rings. The molecule has 0 atom stereocenters. The number of amides is 2. The summed E-state index contributed by atoms with van der Waals surface area (Å²) in [5.41, 5.74) is 1.27. The first-order valence-corrected chi connectivity index (χ1v) is 12.8. The number of carbonyl (C=O) groups is 2. The van der Waals surface area contributed by atoms with Crippen molar-refractivity contribution in [1.82, 2.24) is 15.2 Å². The Hall–Kier alpha value is -2.60. The lowest BCUT2D eigenvalue weighted by Crippen LogP contribution is -2.49. The van der Waals surface area contributed by atoms with Crippen LogP contribution in [0.5, 0.6) is 0 Å². The molecule has 7 heteroatoms. The zero-order chi connectivity index (χ0) is 24.1. The van der Waals surface area contributed by atoms with Crippen LogP contribution in [0.25, 0.3) is 0 Å². The maximum atomic E-state index is 13.0. The average Bonchev–Trinajstić information content (AvgIpc) is 2.82. The molecule has 34 heavy (non-hydrogen) atoms. The lowest BCUT2D eigenvalue weighted by atomic mass is 9.64. The largest absolute Gasteiger partial charge is 0.357 e. The molecule has 1 aliphatic carbocycles. The molecule has 2 fully saturated rings. The molecule has 0 spiro atoms. The molecule has 0 unspecified atom stereocenters. The summed E-state index contributed by atoms with van der Waals surface area (Å²) in [6.45, 7) is 2.60. The number of rotatable bonds is 8. The summed E-state index contributed by atoms with van der Waals surface area (Å²) in [6.07, 6.45) is 7.34. The molecule has 2 amide bonds. The van der Waals surface area contributed by atoms with Crippen LogP contribution in [-0.4, -0.2) is 55.4 Å². The predicted octanol–water partition coefficient (Wildman–Crippen LogP) is 4.67. The van der Waals surface area contributed by atoms with E-state index < -0.39 is 0 Å². The Kier molecular flexibility index (Phi) is 7.77. The second-order valence-electron chi connectivity index (χ2n) is 9.84.